The Balaban J connectivity index is 1.65. The second kappa shape index (κ2) is 17.2. The Labute approximate surface area is 285 Å². The number of aliphatic hydroxyl groups is 1. The Bertz CT molecular complexity index is 1150. The van der Waals surface area contributed by atoms with Gasteiger partial charge in [0.05, 0.1) is 37.1 Å². The minimum Gasteiger partial charge on any atom is -0.456 e. The number of hydrogen-bond donors (Lipinski definition) is 1. The summed E-state index contributed by atoms with van der Waals surface area (Å²) in [6.45, 7) is 22.8. The molecule has 4 rings (SSSR count). The molecule has 8 heteroatoms. The number of aliphatic hydroxyl groups excluding tert-OH is 1. The molecule has 0 aliphatic carbocycles. The first-order valence-corrected chi connectivity index (χ1v) is 20.2. The molecular weight excluding hydrogens is 609 g/mol. The molecule has 0 aromatic carbocycles. The zero-order chi connectivity index (χ0) is 34.3. The molecule has 0 saturated carbocycles. The van der Waals surface area contributed by atoms with Crippen LogP contribution < -0.4 is 0 Å². The number of cyclic esters (lactones) is 1. The van der Waals surface area contributed by atoms with Crippen molar-refractivity contribution in [2.75, 3.05) is 6.61 Å². The zero-order valence-electron chi connectivity index (χ0n) is 30.2. The van der Waals surface area contributed by atoms with Crippen molar-refractivity contribution in [1.82, 2.24) is 0 Å². The summed E-state index contributed by atoms with van der Waals surface area (Å²) in [5.41, 5.74) is 3.36. The van der Waals surface area contributed by atoms with Crippen molar-refractivity contribution >= 4 is 14.3 Å². The third-order valence-electron chi connectivity index (χ3n) is 10.5. The quantitative estimate of drug-likeness (QED) is 0.120. The third-order valence-corrected chi connectivity index (χ3v) is 16.6. The number of esters is 1. The van der Waals surface area contributed by atoms with Gasteiger partial charge in [0, 0.05) is 12.5 Å². The SMILES string of the molecule is C=C1C[C@H](C)C[C@@H]2CC=C[C@@H](C/C=C/C(=O)O[C@H]([C@H](/C=C/[C@@H]3CC(C)=CCO3)O[Si](C(C)C)(C(C)C)C(C)C)C[C@H]3O[C@H]3[C@@H](O)C1)O2. The van der Waals surface area contributed by atoms with Crippen molar-refractivity contribution in [2.24, 2.45) is 5.92 Å². The molecule has 4 aliphatic rings. The van der Waals surface area contributed by atoms with Gasteiger partial charge >= 0.3 is 5.97 Å². The van der Waals surface area contributed by atoms with Crippen molar-refractivity contribution in [2.45, 2.75) is 166 Å². The van der Waals surface area contributed by atoms with E-state index in [-0.39, 0.29) is 30.5 Å². The van der Waals surface area contributed by atoms with Gasteiger partial charge in [-0.15, -0.1) is 0 Å². The molecule has 7 nitrogen and oxygen atoms in total. The average Bonchev–Trinajstić information content (AvgIpc) is 3.75. The van der Waals surface area contributed by atoms with E-state index in [0.29, 0.717) is 48.4 Å². The number of carbonyl (C=O) groups excluding carboxylic acids is 1. The van der Waals surface area contributed by atoms with E-state index in [2.05, 4.69) is 92.3 Å². The first-order valence-electron chi connectivity index (χ1n) is 18.1. The fourth-order valence-electron chi connectivity index (χ4n) is 8.20. The maximum atomic E-state index is 13.5. The van der Waals surface area contributed by atoms with Crippen LogP contribution in [0.1, 0.15) is 100 Å². The standard InChI is InChI=1S/C39H62O7Si/c1-25(2)47(26(3)4,27(5)6)46-35(17-16-32-21-28(7)18-19-42-32)36-24-37-39(45-37)34(40)23-30(9)20-29(8)22-33-14-10-12-31(43-33)13-11-15-38(41)44-36/h10-12,15-18,25-27,29,31-37,39-40H,9,13-14,19-24H2,1-8H3/b15-11+,17-16+/t29-,31-,32+,33-,34-,35-,36-,37+,39-/m0/s1. The first-order chi connectivity index (χ1) is 22.3. The molecule has 47 heavy (non-hydrogen) atoms. The summed E-state index contributed by atoms with van der Waals surface area (Å²) in [5.74, 6) is -0.0196. The highest BCUT2D eigenvalue weighted by Crippen LogP contribution is 2.44. The molecule has 0 radical (unpaired) electrons. The van der Waals surface area contributed by atoms with Gasteiger partial charge in [-0.05, 0) is 68.0 Å². The van der Waals surface area contributed by atoms with E-state index >= 15 is 0 Å². The number of carbonyl (C=O) groups is 1. The highest BCUT2D eigenvalue weighted by atomic mass is 28.4. The lowest BCUT2D eigenvalue weighted by Gasteiger charge is -2.45. The second-order valence-electron chi connectivity index (χ2n) is 15.4. The number of epoxide rings is 1. The molecule has 4 aliphatic heterocycles. The smallest absolute Gasteiger partial charge is 0.330 e. The van der Waals surface area contributed by atoms with Gasteiger partial charge in [0.1, 0.15) is 18.3 Å². The predicted octanol–water partition coefficient (Wildman–Crippen LogP) is 8.30. The van der Waals surface area contributed by atoms with Crippen molar-refractivity contribution in [1.29, 1.82) is 0 Å². The van der Waals surface area contributed by atoms with E-state index in [1.54, 1.807) is 0 Å². The summed E-state index contributed by atoms with van der Waals surface area (Å²) < 4.78 is 32.2. The van der Waals surface area contributed by atoms with Crippen molar-refractivity contribution in [3.63, 3.8) is 0 Å². The molecule has 0 aromatic rings. The lowest BCUT2D eigenvalue weighted by atomic mass is 9.91. The molecule has 1 saturated heterocycles. The number of fused-ring (bicyclic) bond motifs is 3. The summed E-state index contributed by atoms with van der Waals surface area (Å²) in [5, 5.41) is 11.2. The van der Waals surface area contributed by atoms with Gasteiger partial charge in [-0.3, -0.25) is 0 Å². The number of ether oxygens (including phenoxy) is 4. The van der Waals surface area contributed by atoms with Gasteiger partial charge in [-0.25, -0.2) is 4.79 Å². The minimum atomic E-state index is -2.39. The summed E-state index contributed by atoms with van der Waals surface area (Å²) in [6, 6.07) is 0. The highest BCUT2D eigenvalue weighted by molar-refractivity contribution is 6.77. The summed E-state index contributed by atoms with van der Waals surface area (Å²) in [6.07, 6.45) is 16.6. The van der Waals surface area contributed by atoms with Crippen LogP contribution in [0.2, 0.25) is 16.6 Å². The van der Waals surface area contributed by atoms with Crippen LogP contribution in [-0.4, -0.2) is 74.8 Å². The second-order valence-corrected chi connectivity index (χ2v) is 20.8. The van der Waals surface area contributed by atoms with Crippen LogP contribution in [0.3, 0.4) is 0 Å². The lowest BCUT2D eigenvalue weighted by molar-refractivity contribution is -0.147. The Morgan fingerprint density at radius 1 is 1.00 bits per heavy atom. The van der Waals surface area contributed by atoms with Crippen LogP contribution in [0, 0.1) is 5.92 Å². The molecule has 0 aromatic heterocycles. The molecule has 1 fully saturated rings. The topological polar surface area (TPSA) is 86.8 Å². The van der Waals surface area contributed by atoms with Crippen LogP contribution in [0.5, 0.6) is 0 Å². The van der Waals surface area contributed by atoms with Gasteiger partial charge in [-0.2, -0.15) is 0 Å². The Morgan fingerprint density at radius 2 is 1.72 bits per heavy atom. The zero-order valence-corrected chi connectivity index (χ0v) is 31.2. The third kappa shape index (κ3) is 10.6. The molecular formula is C39H62O7Si. The van der Waals surface area contributed by atoms with Gasteiger partial charge in [-0.1, -0.05) is 103 Å². The van der Waals surface area contributed by atoms with Crippen molar-refractivity contribution in [3.05, 3.63) is 60.3 Å². The maximum absolute atomic E-state index is 13.5. The molecule has 0 spiro atoms. The van der Waals surface area contributed by atoms with Crippen LogP contribution in [0.25, 0.3) is 0 Å². The molecule has 2 bridgehead atoms. The normalized spacial score (nSPS) is 34.5. The first kappa shape index (κ1) is 38.0. The van der Waals surface area contributed by atoms with E-state index in [1.807, 2.05) is 6.08 Å². The van der Waals surface area contributed by atoms with Gasteiger partial charge in [0.2, 0.25) is 8.32 Å². The number of hydrogen-bond acceptors (Lipinski definition) is 7. The predicted molar refractivity (Wildman–Crippen MR) is 191 cm³/mol. The maximum Gasteiger partial charge on any atom is 0.330 e. The van der Waals surface area contributed by atoms with Crippen LogP contribution in [0.4, 0.5) is 0 Å². The molecule has 1 N–H and O–H groups in total. The molecule has 9 atom stereocenters. The Hall–Kier alpha value is -1.81. The fraction of sp³-hybridized carbons (Fsp3) is 0.718. The monoisotopic (exact) mass is 670 g/mol. The van der Waals surface area contributed by atoms with Crippen LogP contribution in [-0.2, 0) is 28.2 Å². The minimum absolute atomic E-state index is 0.0679. The van der Waals surface area contributed by atoms with E-state index in [9.17, 15) is 9.90 Å². The van der Waals surface area contributed by atoms with Gasteiger partial charge < -0.3 is 28.5 Å². The summed E-state index contributed by atoms with van der Waals surface area (Å²) in [7, 11) is -2.39. The molecule has 0 unspecified atom stereocenters. The van der Waals surface area contributed by atoms with E-state index in [0.717, 1.165) is 31.3 Å². The van der Waals surface area contributed by atoms with E-state index < -0.39 is 32.6 Å². The van der Waals surface area contributed by atoms with E-state index in [4.69, 9.17) is 23.4 Å². The van der Waals surface area contributed by atoms with Crippen molar-refractivity contribution in [3.8, 4) is 0 Å². The van der Waals surface area contributed by atoms with E-state index in [1.165, 1.54) is 11.6 Å². The lowest BCUT2D eigenvalue weighted by Crippen LogP contribution is -2.52. The largest absolute Gasteiger partial charge is 0.456 e. The Kier molecular flexibility index (Phi) is 13.9. The molecule has 4 heterocycles. The van der Waals surface area contributed by atoms with Crippen LogP contribution in [0.15, 0.2) is 60.3 Å². The average molecular weight is 671 g/mol. The Morgan fingerprint density at radius 3 is 2.40 bits per heavy atom. The summed E-state index contributed by atoms with van der Waals surface area (Å²) >= 11 is 0. The fourth-order valence-corrected chi connectivity index (χ4v) is 13.7. The van der Waals surface area contributed by atoms with Crippen LogP contribution >= 0.6 is 0 Å². The number of rotatable bonds is 8. The summed E-state index contributed by atoms with van der Waals surface area (Å²) in [4.78, 5) is 13.5. The van der Waals surface area contributed by atoms with Gasteiger partial charge in [0.15, 0.2) is 0 Å². The molecule has 0 amide bonds. The van der Waals surface area contributed by atoms with Crippen molar-refractivity contribution < 1.29 is 33.3 Å². The highest BCUT2D eigenvalue weighted by Gasteiger charge is 2.51. The van der Waals surface area contributed by atoms with Gasteiger partial charge in [0.25, 0.3) is 0 Å². The molecule has 264 valence electrons.